The summed E-state index contributed by atoms with van der Waals surface area (Å²) in [6.45, 7) is -0.0686. The van der Waals surface area contributed by atoms with Gasteiger partial charge in [0.25, 0.3) is 5.56 Å². The van der Waals surface area contributed by atoms with Gasteiger partial charge < -0.3 is 24.5 Å². The Kier molecular flexibility index (Phi) is 4.99. The number of nitrogens with zero attached hydrogens (tertiary/aromatic N) is 5. The Hall–Kier alpha value is -3.15. The maximum atomic E-state index is 12.6. The van der Waals surface area contributed by atoms with Gasteiger partial charge in [0, 0.05) is 21.2 Å². The van der Waals surface area contributed by atoms with Crippen LogP contribution in [0.25, 0.3) is 11.2 Å². The zero-order chi connectivity index (χ0) is 19.7. The summed E-state index contributed by atoms with van der Waals surface area (Å²) >= 11 is 0. The van der Waals surface area contributed by atoms with Crippen LogP contribution in [-0.4, -0.2) is 37.8 Å². The maximum Gasteiger partial charge on any atom is 0.332 e. The molecule has 3 aromatic rings. The van der Waals surface area contributed by atoms with Crippen LogP contribution in [0.15, 0.2) is 34.1 Å². The summed E-state index contributed by atoms with van der Waals surface area (Å²) in [5.74, 6) is 0.119. The minimum absolute atomic E-state index is 0.0336. The first-order chi connectivity index (χ1) is 12.8. The monoisotopic (exact) mass is 376 g/mol. The number of rotatable bonds is 6. The highest BCUT2D eigenvalue weighted by molar-refractivity contribution is 5.70. The second-order valence-electron chi connectivity index (χ2n) is 5.89. The minimum atomic E-state index is -0.546. The fraction of sp³-hybridized carbons (Fsp3) is 0.312. The van der Waals surface area contributed by atoms with Crippen LogP contribution in [0.2, 0.25) is 0 Å². The van der Waals surface area contributed by atoms with Crippen LogP contribution in [0.1, 0.15) is 5.56 Å². The van der Waals surface area contributed by atoms with E-state index in [0.717, 1.165) is 4.57 Å². The van der Waals surface area contributed by atoms with E-state index in [1.165, 1.54) is 41.8 Å². The molecule has 144 valence electrons. The van der Waals surface area contributed by atoms with E-state index in [0.29, 0.717) is 5.56 Å². The third-order valence-electron chi connectivity index (χ3n) is 4.10. The van der Waals surface area contributed by atoms with Crippen molar-refractivity contribution >= 4 is 16.9 Å². The van der Waals surface area contributed by atoms with E-state index in [9.17, 15) is 20.0 Å². The molecule has 0 amide bonds. The van der Waals surface area contributed by atoms with E-state index in [2.05, 4.69) is 4.98 Å². The molecule has 3 rings (SSSR count). The van der Waals surface area contributed by atoms with Crippen LogP contribution in [0.5, 0.6) is 5.75 Å². The van der Waals surface area contributed by atoms with Gasteiger partial charge in [-0.15, -0.1) is 0 Å². The highest BCUT2D eigenvalue weighted by Crippen LogP contribution is 2.28. The number of fused-ring (bicyclic) bond motifs is 1. The highest BCUT2D eigenvalue weighted by Gasteiger charge is 2.16. The molecule has 11 nitrogen and oxygen atoms in total. The van der Waals surface area contributed by atoms with Crippen LogP contribution in [0, 0.1) is 5.21 Å². The van der Waals surface area contributed by atoms with Crippen molar-refractivity contribution in [1.29, 1.82) is 0 Å². The predicted molar refractivity (Wildman–Crippen MR) is 95.9 cm³/mol. The topological polar surface area (TPSA) is 127 Å². The van der Waals surface area contributed by atoms with Crippen molar-refractivity contribution in [3.63, 3.8) is 0 Å². The number of aryl methyl sites for hydroxylation is 1. The summed E-state index contributed by atoms with van der Waals surface area (Å²) in [7, 11) is 4.46. The maximum absolute atomic E-state index is 12.6. The predicted octanol–water partition coefficient (Wildman–Crippen LogP) is 0.158. The van der Waals surface area contributed by atoms with Crippen molar-refractivity contribution in [2.45, 2.75) is 6.54 Å². The Morgan fingerprint density at radius 3 is 2.70 bits per heavy atom. The van der Waals surface area contributed by atoms with Gasteiger partial charge in [0.15, 0.2) is 18.0 Å². The van der Waals surface area contributed by atoms with Crippen molar-refractivity contribution in [2.24, 2.45) is 14.1 Å². The zero-order valence-corrected chi connectivity index (χ0v) is 14.9. The molecule has 0 radical (unpaired) electrons. The lowest BCUT2D eigenvalue weighted by atomic mass is 10.2. The average Bonchev–Trinajstić information content (AvgIpc) is 3.03. The number of anilines is 1. The normalized spacial score (nSPS) is 11.1. The molecule has 0 atom stereocenters. The molecule has 2 aromatic heterocycles. The minimum Gasteiger partial charge on any atom is -0.733 e. The number of imidazole rings is 1. The molecule has 0 bridgehead atoms. The van der Waals surface area contributed by atoms with Crippen molar-refractivity contribution in [1.82, 2.24) is 18.7 Å². The summed E-state index contributed by atoms with van der Waals surface area (Å²) in [4.78, 5) is 29.0. The average molecular weight is 376 g/mol. The molecule has 0 saturated heterocycles. The summed E-state index contributed by atoms with van der Waals surface area (Å²) in [6.07, 6.45) is 1.45. The van der Waals surface area contributed by atoms with Gasteiger partial charge in [-0.05, 0) is 17.7 Å². The smallest absolute Gasteiger partial charge is 0.332 e. The first kappa shape index (κ1) is 18.6. The molecular weight excluding hydrogens is 358 g/mol. The Balaban J connectivity index is 2.09. The van der Waals surface area contributed by atoms with Crippen molar-refractivity contribution in [2.75, 3.05) is 19.1 Å². The molecule has 0 unspecified atom stereocenters. The Morgan fingerprint density at radius 2 is 2.04 bits per heavy atom. The van der Waals surface area contributed by atoms with Gasteiger partial charge in [0.2, 0.25) is 0 Å². The standard InChI is InChI=1S/C16H18N5O6/c1-18-8-17-14-13(18)15(22)19(2)16(23)20(14)7-10-4-5-12(27-9-26-3)11(6-10)21(24)25/h4-6,8,24H,7,9H2,1-3H3/q-1. The lowest BCUT2D eigenvalue weighted by molar-refractivity contribution is 0.0509. The molecule has 27 heavy (non-hydrogen) atoms. The van der Waals surface area contributed by atoms with Crippen LogP contribution in [0.4, 0.5) is 5.69 Å². The zero-order valence-electron chi connectivity index (χ0n) is 14.9. The van der Waals surface area contributed by atoms with E-state index in [4.69, 9.17) is 9.47 Å². The summed E-state index contributed by atoms with van der Waals surface area (Å²) in [5, 5.41) is 20.4. The van der Waals surface area contributed by atoms with Gasteiger partial charge in [0.05, 0.1) is 18.6 Å². The Labute approximate surface area is 152 Å². The van der Waals surface area contributed by atoms with E-state index in [-0.39, 0.29) is 41.2 Å². The third kappa shape index (κ3) is 3.30. The summed E-state index contributed by atoms with van der Waals surface area (Å²) in [6, 6.07) is 4.49. The van der Waals surface area contributed by atoms with Gasteiger partial charge in [-0.2, -0.15) is 0 Å². The van der Waals surface area contributed by atoms with Crippen LogP contribution < -0.4 is 21.2 Å². The molecule has 0 saturated carbocycles. The van der Waals surface area contributed by atoms with Crippen LogP contribution in [-0.2, 0) is 25.4 Å². The van der Waals surface area contributed by atoms with Crippen molar-refractivity contribution < 1.29 is 14.7 Å². The van der Waals surface area contributed by atoms with Crippen LogP contribution >= 0.6 is 0 Å². The molecule has 0 spiro atoms. The number of aromatic nitrogens is 4. The molecule has 0 aliphatic rings. The molecule has 0 fully saturated rings. The largest absolute Gasteiger partial charge is 0.733 e. The number of hydrogen-bond acceptors (Lipinski definition) is 8. The van der Waals surface area contributed by atoms with Crippen molar-refractivity contribution in [3.8, 4) is 5.75 Å². The van der Waals surface area contributed by atoms with Gasteiger partial charge >= 0.3 is 5.69 Å². The van der Waals surface area contributed by atoms with Gasteiger partial charge in [-0.25, -0.2) is 9.78 Å². The summed E-state index contributed by atoms with van der Waals surface area (Å²) in [5.41, 5.74) is -0.0938. The fourth-order valence-electron chi connectivity index (χ4n) is 2.76. The van der Waals surface area contributed by atoms with Crippen LogP contribution in [0.3, 0.4) is 0 Å². The third-order valence-corrected chi connectivity index (χ3v) is 4.10. The number of methoxy groups -OCH3 is 1. The molecule has 2 heterocycles. The van der Waals surface area contributed by atoms with Gasteiger partial charge in [-0.3, -0.25) is 19.1 Å². The first-order valence-corrected chi connectivity index (χ1v) is 7.86. The van der Waals surface area contributed by atoms with Gasteiger partial charge in [-0.1, -0.05) is 6.07 Å². The SMILES string of the molecule is COCOc1ccc(Cn2c(=O)n(C)c(=O)c3c2ncn3C)cc1N([O-])O. The number of ether oxygens (including phenoxy) is 2. The number of benzene rings is 1. The lowest BCUT2D eigenvalue weighted by Gasteiger charge is -2.25. The van der Waals surface area contributed by atoms with E-state index in [1.807, 2.05) is 0 Å². The molecular formula is C16H18N5O6-. The molecule has 0 aliphatic carbocycles. The molecule has 0 aliphatic heterocycles. The van der Waals surface area contributed by atoms with E-state index >= 15 is 0 Å². The quantitative estimate of drug-likeness (QED) is 0.476. The molecule has 11 heteroatoms. The first-order valence-electron chi connectivity index (χ1n) is 7.86. The Morgan fingerprint density at radius 1 is 1.30 bits per heavy atom. The van der Waals surface area contributed by atoms with E-state index in [1.54, 1.807) is 13.1 Å². The molecule has 1 aromatic carbocycles. The second kappa shape index (κ2) is 7.23. The van der Waals surface area contributed by atoms with E-state index < -0.39 is 11.2 Å². The van der Waals surface area contributed by atoms with Gasteiger partial charge in [0.1, 0.15) is 5.75 Å². The summed E-state index contributed by atoms with van der Waals surface area (Å²) < 4.78 is 13.9. The molecule has 1 N–H and O–H groups in total. The number of hydrogen-bond donors (Lipinski definition) is 1. The van der Waals surface area contributed by atoms with Crippen molar-refractivity contribution in [3.05, 3.63) is 56.1 Å². The Bertz CT molecular complexity index is 1100. The second-order valence-corrected chi connectivity index (χ2v) is 5.89. The highest BCUT2D eigenvalue weighted by atomic mass is 16.8. The lowest BCUT2D eigenvalue weighted by Crippen LogP contribution is -2.38. The fourth-order valence-corrected chi connectivity index (χ4v) is 2.76.